The molecule has 1 fully saturated rings. The van der Waals surface area contributed by atoms with Gasteiger partial charge < -0.3 is 10.1 Å². The Kier molecular flexibility index (Phi) is 5.46. The number of methoxy groups -OCH3 is 1. The molecule has 1 N–H and O–H groups in total. The third-order valence-corrected chi connectivity index (χ3v) is 5.99. The van der Waals surface area contributed by atoms with Crippen molar-refractivity contribution in [2.24, 2.45) is 0 Å². The maximum Gasteiger partial charge on any atom is 0.410 e. The first-order valence-corrected chi connectivity index (χ1v) is 10.1. The number of ether oxygens (including phenoxy) is 1. The van der Waals surface area contributed by atoms with Crippen LogP contribution in [0.25, 0.3) is 0 Å². The molecule has 1 aromatic carbocycles. The van der Waals surface area contributed by atoms with Crippen molar-refractivity contribution in [2.45, 2.75) is 56.9 Å². The van der Waals surface area contributed by atoms with Crippen LogP contribution in [0, 0.1) is 0 Å². The molecular weight excluding hydrogens is 381 g/mol. The minimum absolute atomic E-state index is 0.00890. The summed E-state index contributed by atoms with van der Waals surface area (Å²) >= 11 is 0. The number of nitrogens with one attached hydrogen (secondary N) is 1. The number of anilines is 1. The number of para-hydroxylation sites is 1. The van der Waals surface area contributed by atoms with Gasteiger partial charge in [0.25, 0.3) is 0 Å². The van der Waals surface area contributed by atoms with Gasteiger partial charge in [-0.25, -0.2) is 4.68 Å². The highest BCUT2D eigenvalue weighted by molar-refractivity contribution is 5.42. The Morgan fingerprint density at radius 2 is 1.93 bits per heavy atom. The second kappa shape index (κ2) is 7.89. The summed E-state index contributed by atoms with van der Waals surface area (Å²) in [4.78, 5) is 2.36. The molecule has 1 aromatic heterocycles. The first kappa shape index (κ1) is 20.1. The van der Waals surface area contributed by atoms with Gasteiger partial charge in [0.1, 0.15) is 11.6 Å². The van der Waals surface area contributed by atoms with Crippen LogP contribution in [0.3, 0.4) is 0 Å². The summed E-state index contributed by atoms with van der Waals surface area (Å²) < 4.78 is 47.0. The average molecular weight is 408 g/mol. The molecule has 2 aromatic rings. The van der Waals surface area contributed by atoms with Crippen LogP contribution in [0.4, 0.5) is 19.0 Å². The zero-order valence-corrected chi connectivity index (χ0v) is 16.7. The number of likely N-dealkylation sites (tertiary alicyclic amines) is 1. The van der Waals surface area contributed by atoms with Gasteiger partial charge in [0.15, 0.2) is 6.04 Å². The van der Waals surface area contributed by atoms with Crippen molar-refractivity contribution in [3.8, 4) is 5.75 Å². The van der Waals surface area contributed by atoms with Crippen LogP contribution in [0.1, 0.15) is 49.4 Å². The van der Waals surface area contributed by atoms with Crippen molar-refractivity contribution in [1.82, 2.24) is 14.7 Å². The van der Waals surface area contributed by atoms with Crippen LogP contribution in [0.2, 0.25) is 0 Å². The number of piperidine rings is 1. The van der Waals surface area contributed by atoms with Gasteiger partial charge in [0, 0.05) is 30.1 Å². The van der Waals surface area contributed by atoms with E-state index in [1.165, 1.54) is 0 Å². The third-order valence-electron chi connectivity index (χ3n) is 5.99. The Balaban J connectivity index is 1.43. The lowest BCUT2D eigenvalue weighted by atomic mass is 9.93. The number of alkyl halides is 3. The molecule has 3 heterocycles. The van der Waals surface area contributed by atoms with E-state index in [9.17, 15) is 13.2 Å². The molecule has 0 bridgehead atoms. The predicted octanol–water partition coefficient (Wildman–Crippen LogP) is 4.58. The van der Waals surface area contributed by atoms with Gasteiger partial charge in [0.2, 0.25) is 0 Å². The maximum atomic E-state index is 13.5. The summed E-state index contributed by atoms with van der Waals surface area (Å²) in [7, 11) is 1.68. The van der Waals surface area contributed by atoms with Crippen molar-refractivity contribution < 1.29 is 17.9 Å². The molecule has 0 aliphatic carbocycles. The topological polar surface area (TPSA) is 42.3 Å². The van der Waals surface area contributed by atoms with Crippen LogP contribution < -0.4 is 10.1 Å². The van der Waals surface area contributed by atoms with E-state index in [1.807, 2.05) is 24.3 Å². The lowest BCUT2D eigenvalue weighted by Crippen LogP contribution is -2.38. The molecular formula is C21H27F3N4O. The Bertz CT molecular complexity index is 843. The molecule has 4 rings (SSSR count). The van der Waals surface area contributed by atoms with Gasteiger partial charge in [-0.15, -0.1) is 0 Å². The molecule has 2 atom stereocenters. The number of hydrogen-bond acceptors (Lipinski definition) is 4. The summed E-state index contributed by atoms with van der Waals surface area (Å²) in [5.74, 6) is 1.56. The van der Waals surface area contributed by atoms with Crippen LogP contribution in [-0.2, 0) is 6.54 Å². The second-order valence-electron chi connectivity index (χ2n) is 8.10. The number of benzene rings is 1. The molecule has 2 aliphatic heterocycles. The van der Waals surface area contributed by atoms with Crippen molar-refractivity contribution in [3.63, 3.8) is 0 Å². The number of hydrogen-bond donors (Lipinski definition) is 1. The Morgan fingerprint density at radius 3 is 2.62 bits per heavy atom. The SMILES string of the molecule is COc1ccccc1CN1CCC(c2cc3n(n2)[C@@H](C(F)(F)F)C[C@@H](C)N3)CC1. The predicted molar refractivity (Wildman–Crippen MR) is 105 cm³/mol. The minimum Gasteiger partial charge on any atom is -0.496 e. The quantitative estimate of drug-likeness (QED) is 0.804. The molecule has 0 spiro atoms. The van der Waals surface area contributed by atoms with E-state index in [0.29, 0.717) is 5.82 Å². The maximum absolute atomic E-state index is 13.5. The van der Waals surface area contributed by atoms with Crippen molar-refractivity contribution >= 4 is 5.82 Å². The number of halogens is 3. The molecule has 0 amide bonds. The normalized spacial score (nSPS) is 23.5. The Labute approximate surface area is 168 Å². The highest BCUT2D eigenvalue weighted by Gasteiger charge is 2.45. The van der Waals surface area contributed by atoms with Crippen LogP contribution in [0.5, 0.6) is 5.75 Å². The highest BCUT2D eigenvalue weighted by atomic mass is 19.4. The minimum atomic E-state index is -4.29. The summed E-state index contributed by atoms with van der Waals surface area (Å²) in [6, 6.07) is 8.04. The zero-order chi connectivity index (χ0) is 20.6. The number of fused-ring (bicyclic) bond motifs is 1. The highest BCUT2D eigenvalue weighted by Crippen LogP contribution is 2.41. The van der Waals surface area contributed by atoms with Crippen molar-refractivity contribution in [2.75, 3.05) is 25.5 Å². The van der Waals surface area contributed by atoms with Gasteiger partial charge in [0.05, 0.1) is 12.8 Å². The lowest BCUT2D eigenvalue weighted by molar-refractivity contribution is -0.173. The molecule has 0 saturated carbocycles. The lowest BCUT2D eigenvalue weighted by Gasteiger charge is -2.32. The molecule has 8 heteroatoms. The Morgan fingerprint density at radius 1 is 1.21 bits per heavy atom. The summed E-state index contributed by atoms with van der Waals surface area (Å²) in [5.41, 5.74) is 1.92. The Hall–Kier alpha value is -2.22. The van der Waals surface area contributed by atoms with E-state index in [4.69, 9.17) is 4.74 Å². The standard InChI is InChI=1S/C21H27F3N4O/c1-14-11-19(21(22,23)24)28-20(25-14)12-17(26-28)15-7-9-27(10-8-15)13-16-5-3-4-6-18(16)29-2/h3-6,12,14-15,19,25H,7-11,13H2,1-2H3/t14-,19-/m1/s1. The second-order valence-corrected chi connectivity index (χ2v) is 8.10. The summed E-state index contributed by atoms with van der Waals surface area (Å²) in [6.45, 7) is 4.37. The fraction of sp³-hybridized carbons (Fsp3) is 0.571. The molecule has 1 saturated heterocycles. The molecule has 29 heavy (non-hydrogen) atoms. The number of aromatic nitrogens is 2. The molecule has 158 valence electrons. The molecule has 0 radical (unpaired) electrons. The smallest absolute Gasteiger partial charge is 0.410 e. The number of rotatable bonds is 4. The molecule has 5 nitrogen and oxygen atoms in total. The fourth-order valence-corrected chi connectivity index (χ4v) is 4.44. The monoisotopic (exact) mass is 408 g/mol. The van der Waals surface area contributed by atoms with Gasteiger partial charge in [-0.3, -0.25) is 4.90 Å². The van der Waals surface area contributed by atoms with E-state index in [1.54, 1.807) is 14.0 Å². The van der Waals surface area contributed by atoms with Crippen molar-refractivity contribution in [1.29, 1.82) is 0 Å². The van der Waals surface area contributed by atoms with E-state index >= 15 is 0 Å². The van der Waals surface area contributed by atoms with Gasteiger partial charge in [-0.05, 0) is 45.3 Å². The van der Waals surface area contributed by atoms with Gasteiger partial charge in [-0.2, -0.15) is 18.3 Å². The van der Waals surface area contributed by atoms with E-state index in [0.717, 1.165) is 54.2 Å². The summed E-state index contributed by atoms with van der Waals surface area (Å²) in [6.07, 6.45) is -2.50. The largest absolute Gasteiger partial charge is 0.496 e. The van der Waals surface area contributed by atoms with E-state index in [2.05, 4.69) is 21.4 Å². The van der Waals surface area contributed by atoms with E-state index in [-0.39, 0.29) is 18.4 Å². The first-order chi connectivity index (χ1) is 13.8. The van der Waals surface area contributed by atoms with Crippen molar-refractivity contribution in [3.05, 3.63) is 41.6 Å². The van der Waals surface area contributed by atoms with Crippen LogP contribution in [0.15, 0.2) is 30.3 Å². The van der Waals surface area contributed by atoms with E-state index < -0.39 is 12.2 Å². The number of nitrogens with zero attached hydrogens (tertiary/aromatic N) is 3. The molecule has 2 aliphatic rings. The average Bonchev–Trinajstić information content (AvgIpc) is 3.11. The van der Waals surface area contributed by atoms with Crippen LogP contribution in [-0.4, -0.2) is 47.1 Å². The fourth-order valence-electron chi connectivity index (χ4n) is 4.44. The van der Waals surface area contributed by atoms with Crippen LogP contribution >= 0.6 is 0 Å². The molecule has 0 unspecified atom stereocenters. The zero-order valence-electron chi connectivity index (χ0n) is 16.7. The first-order valence-electron chi connectivity index (χ1n) is 10.1. The third kappa shape index (κ3) is 4.22. The van der Waals surface area contributed by atoms with Gasteiger partial charge >= 0.3 is 6.18 Å². The summed E-state index contributed by atoms with van der Waals surface area (Å²) in [5, 5.41) is 7.54. The van der Waals surface area contributed by atoms with Gasteiger partial charge in [-0.1, -0.05) is 18.2 Å².